The molecule has 5 fully saturated rings. The standard InChI is InChI=1S/C23H25N5O4.C16H24BNO3.C13H13ClN4O3.CH4.2H2S/c1-27-13-18(31-15-21(27)29)14-32-23-22-20(24-6-7-25-22)12-19(26-23)16-2-4-17(5-3-16)28-8-10-30-11-9-28;1-15(2)16(3,4)21-17(20-15)13-5-7-14(8-6-13)18-9-11-19-12-10-18;1-18-5-8(20-7-11(18)19)6-21-13-12-9(4-10(14)17-13)15-2-3-16-12;;;/h2-7,12,18H,8-11,13-15H2,1H3;5-8H,9-12H2,1-4H3;2-4,8H,5-7H2,1H3;1H4;2*1H2/t18-;;8-;;;/m0.0.../s1. The monoisotopic (exact) mass is 1120 g/mol. The summed E-state index contributed by atoms with van der Waals surface area (Å²) in [7, 11) is 3.21. The van der Waals surface area contributed by atoms with Crippen molar-refractivity contribution in [3.63, 3.8) is 0 Å². The fraction of sp³-hybridized carbons (Fsp3) is 0.472. The number of hydrogen-bond acceptors (Lipinski definition) is 18. The summed E-state index contributed by atoms with van der Waals surface area (Å²) in [6.45, 7) is 16.7. The number of benzene rings is 2. The van der Waals surface area contributed by atoms with E-state index >= 15 is 0 Å². The third-order valence-electron chi connectivity index (χ3n) is 13.7. The molecule has 6 aromatic rings. The topological polar surface area (TPSA) is 198 Å². The Labute approximate surface area is 469 Å². The lowest BCUT2D eigenvalue weighted by Gasteiger charge is -2.32. The minimum atomic E-state index is -0.291. The van der Waals surface area contributed by atoms with Crippen molar-refractivity contribution in [2.45, 2.75) is 58.5 Å². The molecule has 0 spiro atoms. The normalized spacial score (nSPS) is 19.9. The minimum Gasteiger partial charge on any atom is -0.473 e. The predicted molar refractivity (Wildman–Crippen MR) is 307 cm³/mol. The number of amides is 2. The molecule has 0 unspecified atom stereocenters. The van der Waals surface area contributed by atoms with Gasteiger partial charge in [-0.15, -0.1) is 0 Å². The molecule has 2 atom stereocenters. The second kappa shape index (κ2) is 27.3. The van der Waals surface area contributed by atoms with Gasteiger partial charge in [0.15, 0.2) is 11.0 Å². The molecule has 20 nitrogen and oxygen atoms in total. The van der Waals surface area contributed by atoms with Crippen LogP contribution in [0.25, 0.3) is 33.3 Å². The molecule has 2 aromatic carbocycles. The number of aromatic nitrogens is 6. The van der Waals surface area contributed by atoms with Gasteiger partial charge in [0, 0.05) is 101 Å². The number of halogens is 1. The van der Waals surface area contributed by atoms with Gasteiger partial charge in [-0.1, -0.05) is 43.3 Å². The van der Waals surface area contributed by atoms with Crippen molar-refractivity contribution in [2.75, 3.05) is 116 Å². The average molecular weight is 1120 g/mol. The maximum atomic E-state index is 11.6. The molecule has 0 radical (unpaired) electrons. The van der Waals surface area contributed by atoms with Crippen LogP contribution in [0.15, 0.2) is 85.5 Å². The van der Waals surface area contributed by atoms with E-state index in [4.69, 9.17) is 54.3 Å². The van der Waals surface area contributed by atoms with Crippen molar-refractivity contribution < 1.29 is 47.3 Å². The van der Waals surface area contributed by atoms with E-state index in [-0.39, 0.29) is 108 Å². The molecule has 77 heavy (non-hydrogen) atoms. The number of morpholine rings is 4. The predicted octanol–water partition coefficient (Wildman–Crippen LogP) is 5.36. The lowest BCUT2D eigenvalue weighted by Crippen LogP contribution is -2.46. The number of hydrogen-bond donors (Lipinski definition) is 0. The maximum Gasteiger partial charge on any atom is 0.494 e. The van der Waals surface area contributed by atoms with Crippen LogP contribution in [0.5, 0.6) is 11.8 Å². The van der Waals surface area contributed by atoms with E-state index in [0.717, 1.165) is 69.3 Å². The van der Waals surface area contributed by atoms with Gasteiger partial charge < -0.3 is 57.3 Å². The Morgan fingerprint density at radius 1 is 0.623 bits per heavy atom. The zero-order valence-electron chi connectivity index (χ0n) is 43.6. The first-order valence-corrected chi connectivity index (χ1v) is 25.1. The van der Waals surface area contributed by atoms with Crippen LogP contribution in [0.1, 0.15) is 35.1 Å². The summed E-state index contributed by atoms with van der Waals surface area (Å²) in [6.07, 6.45) is 5.99. The van der Waals surface area contributed by atoms with Crippen LogP contribution in [0.2, 0.25) is 5.15 Å². The Kier molecular flexibility index (Phi) is 21.5. The van der Waals surface area contributed by atoms with E-state index in [1.165, 1.54) is 11.4 Å². The van der Waals surface area contributed by atoms with Gasteiger partial charge in [-0.05, 0) is 63.5 Å². The van der Waals surface area contributed by atoms with Gasteiger partial charge in [0.1, 0.15) is 43.8 Å². The second-order valence-corrected chi connectivity index (χ2v) is 19.8. The molecule has 11 rings (SSSR count). The van der Waals surface area contributed by atoms with Crippen LogP contribution in [0, 0.1) is 0 Å². The molecular weight excluding hydrogens is 1050 g/mol. The highest BCUT2D eigenvalue weighted by Crippen LogP contribution is 2.37. The van der Waals surface area contributed by atoms with Crippen molar-refractivity contribution >= 4 is 96.4 Å². The van der Waals surface area contributed by atoms with Crippen molar-refractivity contribution in [1.29, 1.82) is 0 Å². The fourth-order valence-corrected chi connectivity index (χ4v) is 8.76. The molecule has 5 saturated heterocycles. The van der Waals surface area contributed by atoms with Crippen LogP contribution in [0.4, 0.5) is 11.4 Å². The highest BCUT2D eigenvalue weighted by Gasteiger charge is 2.51. The van der Waals surface area contributed by atoms with Gasteiger partial charge in [-0.2, -0.15) is 32.0 Å². The van der Waals surface area contributed by atoms with Gasteiger partial charge in [-0.25, -0.2) is 15.0 Å². The summed E-state index contributed by atoms with van der Waals surface area (Å²) in [6, 6.07) is 20.4. The van der Waals surface area contributed by atoms with Gasteiger partial charge >= 0.3 is 7.12 Å². The lowest BCUT2D eigenvalue weighted by atomic mass is 9.79. The Bertz CT molecular complexity index is 2870. The number of anilines is 2. The number of carbonyl (C=O) groups is 2. The molecule has 9 heterocycles. The van der Waals surface area contributed by atoms with E-state index in [1.54, 1.807) is 54.7 Å². The smallest absolute Gasteiger partial charge is 0.473 e. The van der Waals surface area contributed by atoms with E-state index in [2.05, 4.69) is 111 Å². The molecule has 0 saturated carbocycles. The third kappa shape index (κ3) is 15.1. The Morgan fingerprint density at radius 3 is 1.52 bits per heavy atom. The first-order valence-electron chi connectivity index (χ1n) is 24.8. The van der Waals surface area contributed by atoms with Crippen LogP contribution in [-0.2, 0) is 37.8 Å². The summed E-state index contributed by atoms with van der Waals surface area (Å²) >= 11 is 5.94. The number of nitrogens with zero attached hydrogens (tertiary/aromatic N) is 10. The summed E-state index contributed by atoms with van der Waals surface area (Å²) < 4.78 is 45.7. The zero-order valence-corrected chi connectivity index (χ0v) is 46.4. The van der Waals surface area contributed by atoms with E-state index in [0.29, 0.717) is 46.9 Å². The number of rotatable bonds is 10. The zero-order chi connectivity index (χ0) is 51.8. The Morgan fingerprint density at radius 2 is 1.05 bits per heavy atom. The highest BCUT2D eigenvalue weighted by atomic mass is 35.5. The number of ether oxygens (including phenoxy) is 6. The molecule has 0 bridgehead atoms. The van der Waals surface area contributed by atoms with E-state index in [9.17, 15) is 9.59 Å². The van der Waals surface area contributed by atoms with Crippen molar-refractivity contribution in [3.05, 3.63) is 90.6 Å². The van der Waals surface area contributed by atoms with Gasteiger partial charge in [0.25, 0.3) is 0 Å². The SMILES string of the molecule is C.CC1(C)OB(c2ccc(N3CCOCC3)cc2)OC1(C)C.CN1C[C@@H](COc2nc(-c3ccc(N4CCOCC4)cc3)cc3nccnc23)OCC1=O.CN1C[C@@H](COc2nc(Cl)cc3nccnc23)OCC1=O.S.S. The number of pyridine rings is 2. The second-order valence-electron chi connectivity index (χ2n) is 19.4. The van der Waals surface area contributed by atoms with Crippen LogP contribution in [0.3, 0.4) is 0 Å². The Balaban J connectivity index is 0.000000190. The van der Waals surface area contributed by atoms with Crippen molar-refractivity contribution in [2.24, 2.45) is 0 Å². The van der Waals surface area contributed by atoms with E-state index in [1.807, 2.05) is 6.07 Å². The maximum absolute atomic E-state index is 11.6. The number of fused-ring (bicyclic) bond motifs is 2. The van der Waals surface area contributed by atoms with Crippen molar-refractivity contribution in [3.8, 4) is 23.0 Å². The van der Waals surface area contributed by atoms with Crippen LogP contribution >= 0.6 is 38.6 Å². The molecule has 5 aliphatic heterocycles. The van der Waals surface area contributed by atoms with Gasteiger partial charge in [0.05, 0.1) is 54.4 Å². The molecule has 0 aliphatic carbocycles. The largest absolute Gasteiger partial charge is 0.494 e. The van der Waals surface area contributed by atoms with Crippen LogP contribution < -0.4 is 24.7 Å². The van der Waals surface area contributed by atoms with Crippen molar-refractivity contribution in [1.82, 2.24) is 39.7 Å². The van der Waals surface area contributed by atoms with Crippen LogP contribution in [-0.4, -0.2) is 188 Å². The number of likely N-dealkylation sites (N-methyl/N-ethyl adjacent to an activating group) is 2. The molecule has 5 aliphatic rings. The lowest BCUT2D eigenvalue weighted by molar-refractivity contribution is -0.148. The Hall–Kier alpha value is -5.63. The van der Waals surface area contributed by atoms with E-state index < -0.39 is 0 Å². The highest BCUT2D eigenvalue weighted by molar-refractivity contribution is 7.59. The molecule has 414 valence electrons. The first kappa shape index (κ1) is 60.6. The number of carbonyl (C=O) groups excluding carboxylic acids is 2. The van der Waals surface area contributed by atoms with Gasteiger partial charge in [0.2, 0.25) is 23.6 Å². The fourth-order valence-electron chi connectivity index (χ4n) is 8.58. The third-order valence-corrected chi connectivity index (χ3v) is 13.8. The summed E-state index contributed by atoms with van der Waals surface area (Å²) in [4.78, 5) is 57.0. The summed E-state index contributed by atoms with van der Waals surface area (Å²) in [5.74, 6) is 0.654. The minimum absolute atomic E-state index is 0. The average Bonchev–Trinajstić information content (AvgIpc) is 3.65. The summed E-state index contributed by atoms with van der Waals surface area (Å²) in [5, 5.41) is 0.287. The molecule has 2 amide bonds. The molecule has 4 aromatic heterocycles. The molecular formula is C53H70BClN10O10S2. The first-order chi connectivity index (χ1) is 35.7. The summed E-state index contributed by atoms with van der Waals surface area (Å²) in [5.41, 5.74) is 7.10. The molecule has 24 heteroatoms. The molecule has 0 N–H and O–H groups in total. The van der Waals surface area contributed by atoms with Gasteiger partial charge in [-0.3, -0.25) is 19.6 Å². The quantitative estimate of drug-likeness (QED) is 0.125.